The lowest BCUT2D eigenvalue weighted by Crippen LogP contribution is -1.85. The third kappa shape index (κ3) is 5.02. The second-order valence-electron chi connectivity index (χ2n) is 3.48. The van der Waals surface area contributed by atoms with Crippen molar-refractivity contribution in [2.24, 2.45) is 0 Å². The molecule has 0 N–H and O–H groups in total. The number of unbranched alkanes of at least 4 members (excludes halogenated alkanes) is 3. The highest BCUT2D eigenvalue weighted by atomic mass is 79.9. The minimum Gasteiger partial charge on any atom is -0.0928 e. The number of hydrogen-bond acceptors (Lipinski definition) is 0. The van der Waals surface area contributed by atoms with Gasteiger partial charge in [0.25, 0.3) is 0 Å². The lowest BCUT2D eigenvalue weighted by molar-refractivity contribution is 0.671. The standard InChI is InChI=1S/C12H16BrCl/c13-10-4-2-1-3-5-11-6-8-12(14)9-7-11/h6-9H,1-5,10H2. The molecule has 14 heavy (non-hydrogen) atoms. The normalized spacial score (nSPS) is 10.4. The SMILES string of the molecule is Clc1ccc(CCCCCCBr)cc1. The molecule has 2 heteroatoms. The molecular weight excluding hydrogens is 259 g/mol. The van der Waals surface area contributed by atoms with Crippen LogP contribution in [0.1, 0.15) is 31.2 Å². The predicted octanol–water partition coefficient (Wildman–Crippen LogP) is 4.84. The Hall–Kier alpha value is -0.0100. The van der Waals surface area contributed by atoms with Gasteiger partial charge in [-0.05, 0) is 37.0 Å². The van der Waals surface area contributed by atoms with Gasteiger partial charge >= 0.3 is 0 Å². The van der Waals surface area contributed by atoms with E-state index in [0.29, 0.717) is 0 Å². The summed E-state index contributed by atoms with van der Waals surface area (Å²) in [6.45, 7) is 0. The first-order chi connectivity index (χ1) is 6.83. The van der Waals surface area contributed by atoms with Gasteiger partial charge in [-0.15, -0.1) is 0 Å². The molecule has 0 atom stereocenters. The van der Waals surface area contributed by atoms with Gasteiger partial charge in [0.2, 0.25) is 0 Å². The van der Waals surface area contributed by atoms with E-state index in [-0.39, 0.29) is 0 Å². The zero-order valence-corrected chi connectivity index (χ0v) is 10.6. The van der Waals surface area contributed by atoms with Crippen molar-refractivity contribution in [2.75, 3.05) is 5.33 Å². The van der Waals surface area contributed by atoms with Crippen molar-refractivity contribution >= 4 is 27.5 Å². The van der Waals surface area contributed by atoms with Crippen molar-refractivity contribution in [1.29, 1.82) is 0 Å². The first-order valence-corrected chi connectivity index (χ1v) is 6.63. The highest BCUT2D eigenvalue weighted by molar-refractivity contribution is 9.09. The summed E-state index contributed by atoms with van der Waals surface area (Å²) in [6.07, 6.45) is 6.42. The quantitative estimate of drug-likeness (QED) is 0.515. The lowest BCUT2D eigenvalue weighted by Gasteiger charge is -2.01. The average molecular weight is 276 g/mol. The fourth-order valence-corrected chi connectivity index (χ4v) is 1.95. The molecule has 0 saturated heterocycles. The van der Waals surface area contributed by atoms with Crippen LogP contribution in [0.3, 0.4) is 0 Å². The molecule has 0 bridgehead atoms. The first kappa shape index (κ1) is 12.1. The Morgan fingerprint density at radius 3 is 2.21 bits per heavy atom. The Balaban J connectivity index is 2.15. The summed E-state index contributed by atoms with van der Waals surface area (Å²) in [7, 11) is 0. The van der Waals surface area contributed by atoms with Crippen molar-refractivity contribution in [2.45, 2.75) is 32.1 Å². The van der Waals surface area contributed by atoms with Crippen molar-refractivity contribution in [3.8, 4) is 0 Å². The molecule has 0 aliphatic heterocycles. The molecule has 0 nitrogen and oxygen atoms in total. The van der Waals surface area contributed by atoms with Crippen LogP contribution < -0.4 is 0 Å². The number of halogens is 2. The third-order valence-electron chi connectivity index (χ3n) is 2.26. The second-order valence-corrected chi connectivity index (χ2v) is 4.71. The van der Waals surface area contributed by atoms with Crippen molar-refractivity contribution in [3.63, 3.8) is 0 Å². The highest BCUT2D eigenvalue weighted by Gasteiger charge is 1.93. The van der Waals surface area contributed by atoms with E-state index >= 15 is 0 Å². The smallest absolute Gasteiger partial charge is 0.0406 e. The van der Waals surface area contributed by atoms with E-state index in [1.807, 2.05) is 12.1 Å². The van der Waals surface area contributed by atoms with Crippen LogP contribution in [-0.4, -0.2) is 5.33 Å². The maximum absolute atomic E-state index is 5.81. The molecule has 78 valence electrons. The molecule has 0 aromatic heterocycles. The summed E-state index contributed by atoms with van der Waals surface area (Å²) in [5, 5.41) is 1.96. The fraction of sp³-hybridized carbons (Fsp3) is 0.500. The van der Waals surface area contributed by atoms with E-state index in [1.54, 1.807) is 0 Å². The molecule has 0 aliphatic carbocycles. The van der Waals surface area contributed by atoms with Gasteiger partial charge in [-0.25, -0.2) is 0 Å². The molecule has 0 aliphatic rings. The molecule has 0 amide bonds. The molecule has 1 rings (SSSR count). The van der Waals surface area contributed by atoms with Gasteiger partial charge in [0.1, 0.15) is 0 Å². The van der Waals surface area contributed by atoms with Crippen LogP contribution in [-0.2, 0) is 6.42 Å². The summed E-state index contributed by atoms with van der Waals surface area (Å²) in [6, 6.07) is 8.17. The molecule has 0 spiro atoms. The van der Waals surface area contributed by atoms with Crippen LogP contribution in [0, 0.1) is 0 Å². The number of alkyl halides is 1. The van der Waals surface area contributed by atoms with Gasteiger partial charge in [-0.2, -0.15) is 0 Å². The van der Waals surface area contributed by atoms with E-state index in [2.05, 4.69) is 28.1 Å². The fourth-order valence-electron chi connectivity index (χ4n) is 1.43. The Bertz CT molecular complexity index is 243. The van der Waals surface area contributed by atoms with E-state index < -0.39 is 0 Å². The Kier molecular flexibility index (Phi) is 6.29. The largest absolute Gasteiger partial charge is 0.0928 e. The average Bonchev–Trinajstić information content (AvgIpc) is 2.21. The summed E-state index contributed by atoms with van der Waals surface area (Å²) < 4.78 is 0. The molecule has 1 aromatic carbocycles. The number of rotatable bonds is 6. The third-order valence-corrected chi connectivity index (χ3v) is 3.08. The van der Waals surface area contributed by atoms with Gasteiger partial charge in [-0.1, -0.05) is 52.5 Å². The summed E-state index contributed by atoms with van der Waals surface area (Å²) in [4.78, 5) is 0. The minimum absolute atomic E-state index is 0.827. The Morgan fingerprint density at radius 1 is 0.929 bits per heavy atom. The van der Waals surface area contributed by atoms with Crippen LogP contribution in [0.4, 0.5) is 0 Å². The van der Waals surface area contributed by atoms with Crippen molar-refractivity contribution in [1.82, 2.24) is 0 Å². The van der Waals surface area contributed by atoms with Gasteiger partial charge in [0, 0.05) is 10.4 Å². The zero-order valence-electron chi connectivity index (χ0n) is 8.31. The van der Waals surface area contributed by atoms with E-state index in [4.69, 9.17) is 11.6 Å². The van der Waals surface area contributed by atoms with Crippen LogP contribution >= 0.6 is 27.5 Å². The monoisotopic (exact) mass is 274 g/mol. The van der Waals surface area contributed by atoms with Crippen LogP contribution in [0.25, 0.3) is 0 Å². The van der Waals surface area contributed by atoms with Gasteiger partial charge in [0.05, 0.1) is 0 Å². The van der Waals surface area contributed by atoms with Crippen LogP contribution in [0.15, 0.2) is 24.3 Å². The molecule has 0 radical (unpaired) electrons. The zero-order chi connectivity index (χ0) is 10.2. The van der Waals surface area contributed by atoms with Gasteiger partial charge in [-0.3, -0.25) is 0 Å². The number of aryl methyl sites for hydroxylation is 1. The summed E-state index contributed by atoms with van der Waals surface area (Å²) in [5.74, 6) is 0. The minimum atomic E-state index is 0.827. The van der Waals surface area contributed by atoms with E-state index in [9.17, 15) is 0 Å². The predicted molar refractivity (Wildman–Crippen MR) is 67.4 cm³/mol. The molecule has 0 saturated carbocycles. The molecule has 1 aromatic rings. The van der Waals surface area contributed by atoms with E-state index in [1.165, 1.54) is 37.7 Å². The molecule has 0 heterocycles. The Labute approximate surface area is 99.8 Å². The second kappa shape index (κ2) is 7.30. The Morgan fingerprint density at radius 2 is 1.57 bits per heavy atom. The topological polar surface area (TPSA) is 0 Å². The van der Waals surface area contributed by atoms with Gasteiger partial charge in [0.15, 0.2) is 0 Å². The van der Waals surface area contributed by atoms with Crippen molar-refractivity contribution < 1.29 is 0 Å². The van der Waals surface area contributed by atoms with E-state index in [0.717, 1.165) is 10.4 Å². The van der Waals surface area contributed by atoms with Crippen LogP contribution in [0.2, 0.25) is 5.02 Å². The number of hydrogen-bond donors (Lipinski definition) is 0. The lowest BCUT2D eigenvalue weighted by atomic mass is 10.1. The van der Waals surface area contributed by atoms with Crippen molar-refractivity contribution in [3.05, 3.63) is 34.9 Å². The maximum Gasteiger partial charge on any atom is 0.0406 e. The van der Waals surface area contributed by atoms with Crippen LogP contribution in [0.5, 0.6) is 0 Å². The maximum atomic E-state index is 5.81. The highest BCUT2D eigenvalue weighted by Crippen LogP contribution is 2.12. The molecular formula is C12H16BrCl. The molecule has 0 fully saturated rings. The number of benzene rings is 1. The molecule has 0 unspecified atom stereocenters. The summed E-state index contributed by atoms with van der Waals surface area (Å²) in [5.41, 5.74) is 1.40. The summed E-state index contributed by atoms with van der Waals surface area (Å²) >= 11 is 9.25. The van der Waals surface area contributed by atoms with Gasteiger partial charge < -0.3 is 0 Å². The first-order valence-electron chi connectivity index (χ1n) is 5.13.